The molecule has 1 aliphatic rings. The van der Waals surface area contributed by atoms with Gasteiger partial charge in [-0.3, -0.25) is 9.59 Å². The number of hydrogen-bond acceptors (Lipinski definition) is 4. The van der Waals surface area contributed by atoms with E-state index in [1.807, 2.05) is 48.5 Å². The molecule has 2 unspecified atom stereocenters. The molecule has 0 spiro atoms. The van der Waals surface area contributed by atoms with Gasteiger partial charge in [0.1, 0.15) is 5.92 Å². The van der Waals surface area contributed by atoms with Gasteiger partial charge in [-0.15, -0.1) is 11.8 Å². The van der Waals surface area contributed by atoms with Crippen LogP contribution in [0.3, 0.4) is 0 Å². The van der Waals surface area contributed by atoms with E-state index in [1.165, 1.54) is 12.7 Å². The summed E-state index contributed by atoms with van der Waals surface area (Å²) >= 11 is 1.74. The molecule has 2 atom stereocenters. The first-order valence-corrected chi connectivity index (χ1v) is 10.6. The molecule has 1 amide bonds. The van der Waals surface area contributed by atoms with E-state index in [-0.39, 0.29) is 11.9 Å². The molecule has 0 radical (unpaired) electrons. The fourth-order valence-electron chi connectivity index (χ4n) is 3.87. The lowest BCUT2D eigenvalue weighted by Gasteiger charge is -2.39. The number of hydrogen-bond donors (Lipinski definition) is 0. The number of ether oxygens (including phenoxy) is 1. The second-order valence-corrected chi connectivity index (χ2v) is 9.40. The molecule has 0 bridgehead atoms. The third kappa shape index (κ3) is 4.56. The fourth-order valence-corrected chi connectivity index (χ4v) is 5.03. The minimum Gasteiger partial charge on any atom is -0.468 e. The summed E-state index contributed by atoms with van der Waals surface area (Å²) in [5.74, 6) is -0.465. The maximum absolute atomic E-state index is 13.1. The van der Waals surface area contributed by atoms with Crippen LogP contribution in [-0.2, 0) is 26.6 Å². The van der Waals surface area contributed by atoms with E-state index in [2.05, 4.69) is 32.6 Å². The third-order valence-electron chi connectivity index (χ3n) is 5.38. The second kappa shape index (κ2) is 8.87. The quantitative estimate of drug-likeness (QED) is 0.501. The van der Waals surface area contributed by atoms with Crippen LogP contribution in [0.25, 0.3) is 0 Å². The normalized spacial score (nSPS) is 19.5. The molecular weight excluding hydrogens is 382 g/mol. The highest BCUT2D eigenvalue weighted by molar-refractivity contribution is 7.99. The van der Waals surface area contributed by atoms with E-state index in [0.717, 1.165) is 11.3 Å². The first-order chi connectivity index (χ1) is 13.8. The molecule has 2 aromatic carbocycles. The van der Waals surface area contributed by atoms with Gasteiger partial charge in [-0.25, -0.2) is 0 Å². The summed E-state index contributed by atoms with van der Waals surface area (Å²) in [6, 6.07) is 19.7. The Hall–Kier alpha value is -2.53. The lowest BCUT2D eigenvalue weighted by Crippen LogP contribution is -2.49. The van der Waals surface area contributed by atoms with Crippen LogP contribution in [0.5, 0.6) is 0 Å². The first-order valence-electron chi connectivity index (χ1n) is 9.64. The van der Waals surface area contributed by atoms with Gasteiger partial charge in [-0.2, -0.15) is 0 Å². The Morgan fingerprint density at radius 2 is 1.62 bits per heavy atom. The van der Waals surface area contributed by atoms with E-state index in [4.69, 9.17) is 4.74 Å². The van der Waals surface area contributed by atoms with Crippen LogP contribution in [0.15, 0.2) is 72.8 Å². The van der Waals surface area contributed by atoms with Crippen LogP contribution in [0.1, 0.15) is 25.0 Å². The van der Waals surface area contributed by atoms with E-state index < -0.39 is 16.6 Å². The number of esters is 1. The van der Waals surface area contributed by atoms with Gasteiger partial charge in [0.05, 0.1) is 13.2 Å². The largest absolute Gasteiger partial charge is 0.468 e. The molecule has 0 aromatic heterocycles. The van der Waals surface area contributed by atoms with Crippen LogP contribution in [0.2, 0.25) is 0 Å². The van der Waals surface area contributed by atoms with E-state index in [9.17, 15) is 9.59 Å². The molecule has 3 rings (SSSR count). The maximum atomic E-state index is 13.1. The minimum absolute atomic E-state index is 0.178. The number of amides is 1. The molecular formula is C24H27NO3S. The number of benzene rings is 2. The molecule has 2 aromatic rings. The first kappa shape index (κ1) is 21.2. The van der Waals surface area contributed by atoms with Crippen molar-refractivity contribution in [2.75, 3.05) is 7.11 Å². The predicted octanol–water partition coefficient (Wildman–Crippen LogP) is 4.45. The van der Waals surface area contributed by atoms with Gasteiger partial charge < -0.3 is 9.64 Å². The Balaban J connectivity index is 1.92. The summed E-state index contributed by atoms with van der Waals surface area (Å²) < 4.78 is 4.66. The van der Waals surface area contributed by atoms with Crippen molar-refractivity contribution in [2.45, 2.75) is 36.9 Å². The van der Waals surface area contributed by atoms with Crippen LogP contribution in [0.4, 0.5) is 0 Å². The Morgan fingerprint density at radius 3 is 2.17 bits per heavy atom. The standard InChI is InChI=1S/C24H27NO3S/c1-17-20(23(27)28-4)21(24(2,3)29-16-19-13-9-6-10-14-19)25(22(17)26)15-18-11-7-5-8-12-18/h5-14,20-21H,1,15-16H2,2-4H3. The predicted molar refractivity (Wildman–Crippen MR) is 117 cm³/mol. The number of rotatable bonds is 7. The number of likely N-dealkylation sites (tertiary alicyclic amines) is 1. The smallest absolute Gasteiger partial charge is 0.315 e. The van der Waals surface area contributed by atoms with Crippen molar-refractivity contribution >= 4 is 23.6 Å². The monoisotopic (exact) mass is 409 g/mol. The lowest BCUT2D eigenvalue weighted by molar-refractivity contribution is -0.145. The zero-order valence-corrected chi connectivity index (χ0v) is 17.9. The SMILES string of the molecule is C=C1C(=O)N(Cc2ccccc2)C(C(C)(C)SCc2ccccc2)C1C(=O)OC. The summed E-state index contributed by atoms with van der Waals surface area (Å²) in [6.07, 6.45) is 0. The summed E-state index contributed by atoms with van der Waals surface area (Å²) in [7, 11) is 1.36. The molecule has 1 fully saturated rings. The number of thioether (sulfide) groups is 1. The molecule has 4 nitrogen and oxygen atoms in total. The molecule has 5 heteroatoms. The van der Waals surface area contributed by atoms with Crippen molar-refractivity contribution in [1.82, 2.24) is 4.90 Å². The molecule has 0 N–H and O–H groups in total. The molecule has 0 aliphatic carbocycles. The molecule has 1 heterocycles. The van der Waals surface area contributed by atoms with Crippen molar-refractivity contribution in [3.8, 4) is 0 Å². The van der Waals surface area contributed by atoms with Crippen molar-refractivity contribution in [3.05, 3.63) is 83.9 Å². The summed E-state index contributed by atoms with van der Waals surface area (Å²) in [4.78, 5) is 27.5. The molecule has 152 valence electrons. The van der Waals surface area contributed by atoms with Gasteiger partial charge >= 0.3 is 5.97 Å². The Kier molecular flexibility index (Phi) is 6.48. The van der Waals surface area contributed by atoms with Gasteiger partial charge in [0, 0.05) is 22.6 Å². The summed E-state index contributed by atoms with van der Waals surface area (Å²) in [5.41, 5.74) is 2.54. The minimum atomic E-state index is -0.672. The zero-order valence-electron chi connectivity index (χ0n) is 17.1. The van der Waals surface area contributed by atoms with Gasteiger partial charge in [0.15, 0.2) is 0 Å². The van der Waals surface area contributed by atoms with Gasteiger partial charge in [-0.05, 0) is 25.0 Å². The topological polar surface area (TPSA) is 46.6 Å². The van der Waals surface area contributed by atoms with E-state index >= 15 is 0 Å². The van der Waals surface area contributed by atoms with Crippen molar-refractivity contribution in [1.29, 1.82) is 0 Å². The number of methoxy groups -OCH3 is 1. The van der Waals surface area contributed by atoms with E-state index in [1.54, 1.807) is 16.7 Å². The Bertz CT molecular complexity index is 880. The van der Waals surface area contributed by atoms with E-state index in [0.29, 0.717) is 12.1 Å². The highest BCUT2D eigenvalue weighted by atomic mass is 32.2. The third-order valence-corrected chi connectivity index (χ3v) is 6.84. The Labute approximate surface area is 176 Å². The second-order valence-electron chi connectivity index (χ2n) is 7.77. The van der Waals surface area contributed by atoms with Gasteiger partial charge in [0.2, 0.25) is 0 Å². The molecule has 1 saturated heterocycles. The highest BCUT2D eigenvalue weighted by Gasteiger charge is 2.53. The lowest BCUT2D eigenvalue weighted by atomic mass is 9.88. The number of nitrogens with zero attached hydrogens (tertiary/aromatic N) is 1. The number of carbonyl (C=O) groups is 2. The molecule has 1 aliphatic heterocycles. The zero-order chi connectivity index (χ0) is 21.0. The average molecular weight is 410 g/mol. The molecule has 29 heavy (non-hydrogen) atoms. The average Bonchev–Trinajstić information content (AvgIpc) is 2.99. The van der Waals surface area contributed by atoms with Crippen LogP contribution >= 0.6 is 11.8 Å². The van der Waals surface area contributed by atoms with Gasteiger partial charge in [0.25, 0.3) is 5.91 Å². The van der Waals surface area contributed by atoms with Crippen molar-refractivity contribution in [3.63, 3.8) is 0 Å². The summed E-state index contributed by atoms with van der Waals surface area (Å²) in [6.45, 7) is 8.57. The Morgan fingerprint density at radius 1 is 1.07 bits per heavy atom. The molecule has 0 saturated carbocycles. The van der Waals surface area contributed by atoms with Crippen molar-refractivity contribution < 1.29 is 14.3 Å². The highest BCUT2D eigenvalue weighted by Crippen LogP contribution is 2.44. The van der Waals surface area contributed by atoms with Crippen LogP contribution in [-0.4, -0.2) is 34.7 Å². The summed E-state index contributed by atoms with van der Waals surface area (Å²) in [5, 5.41) is 0. The van der Waals surface area contributed by atoms with Crippen LogP contribution < -0.4 is 0 Å². The number of carbonyl (C=O) groups excluding carboxylic acids is 2. The maximum Gasteiger partial charge on any atom is 0.315 e. The van der Waals surface area contributed by atoms with Gasteiger partial charge in [-0.1, -0.05) is 67.2 Å². The van der Waals surface area contributed by atoms with Crippen LogP contribution in [0, 0.1) is 5.92 Å². The van der Waals surface area contributed by atoms with Crippen molar-refractivity contribution in [2.24, 2.45) is 5.92 Å². The fraction of sp³-hybridized carbons (Fsp3) is 0.333.